The van der Waals surface area contributed by atoms with Crippen molar-refractivity contribution >= 4 is 39.5 Å². The zero-order valence-electron chi connectivity index (χ0n) is 16.1. The molecule has 6 heteroatoms. The molecule has 0 aromatic carbocycles. The van der Waals surface area contributed by atoms with E-state index in [0.717, 1.165) is 15.2 Å². The number of hydrogen-bond acceptors (Lipinski definition) is 5. The van der Waals surface area contributed by atoms with E-state index in [4.69, 9.17) is 4.42 Å². The topological polar surface area (TPSA) is 74.3 Å². The SMILES string of the molecule is CCN1C(=O)C(C#N)=C(C)/C(=C/c2cc3sc(C4CCCCC4)cc3o2)C1=O. The summed E-state index contributed by atoms with van der Waals surface area (Å²) in [7, 11) is 0. The van der Waals surface area contributed by atoms with Crippen molar-refractivity contribution in [2.45, 2.75) is 51.9 Å². The normalized spacial score (nSPS) is 20.5. The van der Waals surface area contributed by atoms with Crippen molar-refractivity contribution in [2.24, 2.45) is 0 Å². The van der Waals surface area contributed by atoms with E-state index in [9.17, 15) is 14.9 Å². The van der Waals surface area contributed by atoms with Crippen LogP contribution in [0.1, 0.15) is 62.5 Å². The number of rotatable bonds is 3. The minimum absolute atomic E-state index is 0.0145. The van der Waals surface area contributed by atoms with Crippen LogP contribution in [0.3, 0.4) is 0 Å². The number of thiophene rings is 1. The molecule has 1 aliphatic heterocycles. The molecule has 0 unspecified atom stereocenters. The van der Waals surface area contributed by atoms with Gasteiger partial charge in [-0.3, -0.25) is 14.5 Å². The molecule has 1 aliphatic carbocycles. The second kappa shape index (κ2) is 7.40. The number of nitrogens with zero attached hydrogens (tertiary/aromatic N) is 2. The van der Waals surface area contributed by atoms with E-state index in [1.165, 1.54) is 37.0 Å². The Morgan fingerprint density at radius 1 is 1.25 bits per heavy atom. The second-order valence-electron chi connectivity index (χ2n) is 7.39. The molecule has 5 nitrogen and oxygen atoms in total. The standard InChI is InChI=1S/C22H22N2O3S/c1-3-24-21(25)16(13(2)17(12-23)22(24)26)9-15-10-20-18(27-15)11-19(28-20)14-7-5-4-6-8-14/h9-11,14H,3-8H2,1-2H3/b16-9-. The zero-order chi connectivity index (χ0) is 19.8. The van der Waals surface area contributed by atoms with Gasteiger partial charge >= 0.3 is 0 Å². The minimum Gasteiger partial charge on any atom is -0.456 e. The van der Waals surface area contributed by atoms with E-state index in [0.29, 0.717) is 22.8 Å². The molecule has 2 amide bonds. The second-order valence-corrected chi connectivity index (χ2v) is 8.50. The van der Waals surface area contributed by atoms with E-state index in [-0.39, 0.29) is 18.0 Å². The summed E-state index contributed by atoms with van der Waals surface area (Å²) in [6.07, 6.45) is 8.06. The van der Waals surface area contributed by atoms with Gasteiger partial charge in [0.05, 0.1) is 4.70 Å². The van der Waals surface area contributed by atoms with Crippen molar-refractivity contribution in [3.05, 3.63) is 39.5 Å². The fraction of sp³-hybridized carbons (Fsp3) is 0.409. The highest BCUT2D eigenvalue weighted by atomic mass is 32.1. The molecular formula is C22H22N2O3S. The van der Waals surface area contributed by atoms with Gasteiger partial charge in [0.15, 0.2) is 0 Å². The number of nitriles is 1. The fourth-order valence-electron chi connectivity index (χ4n) is 4.09. The lowest BCUT2D eigenvalue weighted by molar-refractivity contribution is -0.140. The van der Waals surface area contributed by atoms with E-state index < -0.39 is 5.91 Å². The Labute approximate surface area is 167 Å². The van der Waals surface area contributed by atoms with Crippen molar-refractivity contribution in [1.82, 2.24) is 4.90 Å². The monoisotopic (exact) mass is 394 g/mol. The quantitative estimate of drug-likeness (QED) is 0.533. The fourth-order valence-corrected chi connectivity index (χ4v) is 5.29. The van der Waals surface area contributed by atoms with E-state index >= 15 is 0 Å². The number of likely N-dealkylation sites (N-methyl/N-ethyl adjacent to an activating group) is 1. The Morgan fingerprint density at radius 3 is 2.64 bits per heavy atom. The van der Waals surface area contributed by atoms with Gasteiger partial charge in [0.25, 0.3) is 11.8 Å². The molecule has 28 heavy (non-hydrogen) atoms. The lowest BCUT2D eigenvalue weighted by Gasteiger charge is -2.25. The molecule has 2 aromatic rings. The first-order chi connectivity index (χ1) is 13.5. The van der Waals surface area contributed by atoms with Crippen LogP contribution in [0.15, 0.2) is 33.3 Å². The summed E-state index contributed by atoms with van der Waals surface area (Å²) in [6.45, 7) is 3.59. The summed E-state index contributed by atoms with van der Waals surface area (Å²) in [4.78, 5) is 27.5. The highest BCUT2D eigenvalue weighted by Gasteiger charge is 2.34. The van der Waals surface area contributed by atoms with Crippen molar-refractivity contribution in [3.63, 3.8) is 0 Å². The first kappa shape index (κ1) is 18.7. The summed E-state index contributed by atoms with van der Waals surface area (Å²) in [6, 6.07) is 6.01. The van der Waals surface area contributed by atoms with Gasteiger partial charge in [-0.1, -0.05) is 19.3 Å². The van der Waals surface area contributed by atoms with Crippen LogP contribution < -0.4 is 0 Å². The Kier molecular flexibility index (Phi) is 4.94. The number of imide groups is 1. The zero-order valence-corrected chi connectivity index (χ0v) is 16.9. The molecular weight excluding hydrogens is 372 g/mol. The minimum atomic E-state index is -0.526. The number of furan rings is 1. The number of amides is 2. The first-order valence-corrected chi connectivity index (χ1v) is 10.6. The molecule has 0 N–H and O–H groups in total. The summed E-state index contributed by atoms with van der Waals surface area (Å²) < 4.78 is 7.05. The highest BCUT2D eigenvalue weighted by Crippen LogP contribution is 2.40. The third kappa shape index (κ3) is 3.10. The number of carbonyl (C=O) groups is 2. The van der Waals surface area contributed by atoms with Crippen LogP contribution >= 0.6 is 11.3 Å². The van der Waals surface area contributed by atoms with Crippen molar-refractivity contribution in [3.8, 4) is 6.07 Å². The van der Waals surface area contributed by atoms with Crippen LogP contribution in [0.5, 0.6) is 0 Å². The Hall–Kier alpha value is -2.65. The van der Waals surface area contributed by atoms with Crippen molar-refractivity contribution < 1.29 is 14.0 Å². The molecule has 144 valence electrons. The lowest BCUT2D eigenvalue weighted by atomic mass is 9.88. The molecule has 4 rings (SSSR count). The largest absolute Gasteiger partial charge is 0.456 e. The van der Waals surface area contributed by atoms with Crippen molar-refractivity contribution in [2.75, 3.05) is 6.54 Å². The van der Waals surface area contributed by atoms with Gasteiger partial charge in [-0.2, -0.15) is 5.26 Å². The molecule has 2 aliphatic rings. The maximum Gasteiger partial charge on any atom is 0.271 e. The Morgan fingerprint density at radius 2 is 2.00 bits per heavy atom. The molecule has 0 saturated heterocycles. The van der Waals surface area contributed by atoms with Crippen LogP contribution in [0.4, 0.5) is 0 Å². The van der Waals surface area contributed by atoms with Gasteiger partial charge in [0, 0.05) is 23.1 Å². The number of carbonyl (C=O) groups excluding carboxylic acids is 2. The number of hydrogen-bond donors (Lipinski definition) is 0. The van der Waals surface area contributed by atoms with E-state index in [2.05, 4.69) is 6.07 Å². The van der Waals surface area contributed by atoms with Crippen LogP contribution in [-0.4, -0.2) is 23.3 Å². The smallest absolute Gasteiger partial charge is 0.271 e. The third-order valence-corrected chi connectivity index (χ3v) is 6.91. The molecule has 3 heterocycles. The molecule has 0 spiro atoms. The van der Waals surface area contributed by atoms with Gasteiger partial charge in [-0.15, -0.1) is 11.3 Å². The maximum absolute atomic E-state index is 12.7. The molecule has 2 aromatic heterocycles. The molecule has 1 saturated carbocycles. The summed E-state index contributed by atoms with van der Waals surface area (Å²) in [5, 5.41) is 9.34. The predicted octanol–water partition coefficient (Wildman–Crippen LogP) is 5.15. The van der Waals surface area contributed by atoms with Crippen LogP contribution in [0.25, 0.3) is 16.4 Å². The molecule has 0 radical (unpaired) electrons. The van der Waals surface area contributed by atoms with E-state index in [1.54, 1.807) is 31.3 Å². The Balaban J connectivity index is 1.69. The van der Waals surface area contributed by atoms with Gasteiger partial charge in [0.2, 0.25) is 0 Å². The van der Waals surface area contributed by atoms with Crippen LogP contribution in [0, 0.1) is 11.3 Å². The maximum atomic E-state index is 12.7. The van der Waals surface area contributed by atoms with Crippen molar-refractivity contribution in [1.29, 1.82) is 5.26 Å². The third-order valence-electron chi connectivity index (χ3n) is 5.68. The molecule has 1 fully saturated rings. The summed E-state index contributed by atoms with van der Waals surface area (Å²) in [5.41, 5.74) is 1.60. The molecule has 0 atom stereocenters. The average molecular weight is 394 g/mol. The molecule has 0 bridgehead atoms. The number of fused-ring (bicyclic) bond motifs is 1. The predicted molar refractivity (Wildman–Crippen MR) is 109 cm³/mol. The summed E-state index contributed by atoms with van der Waals surface area (Å²) in [5.74, 6) is 0.297. The van der Waals surface area contributed by atoms with Crippen LogP contribution in [0.2, 0.25) is 0 Å². The first-order valence-electron chi connectivity index (χ1n) is 9.76. The lowest BCUT2D eigenvalue weighted by Crippen LogP contribution is -2.42. The average Bonchev–Trinajstić information content (AvgIpc) is 3.25. The van der Waals surface area contributed by atoms with Gasteiger partial charge < -0.3 is 4.42 Å². The van der Waals surface area contributed by atoms with E-state index in [1.807, 2.05) is 12.1 Å². The van der Waals surface area contributed by atoms with Crippen LogP contribution in [-0.2, 0) is 9.59 Å². The summed E-state index contributed by atoms with van der Waals surface area (Å²) >= 11 is 1.76. The Bertz CT molecular complexity index is 1030. The van der Waals surface area contributed by atoms with Gasteiger partial charge in [0.1, 0.15) is 23.0 Å². The highest BCUT2D eigenvalue weighted by molar-refractivity contribution is 7.19. The van der Waals surface area contributed by atoms with Gasteiger partial charge in [-0.25, -0.2) is 0 Å². The van der Waals surface area contributed by atoms with Gasteiger partial charge in [-0.05, 0) is 50.3 Å².